The van der Waals surface area contributed by atoms with Crippen LogP contribution in [0.2, 0.25) is 5.02 Å². The van der Waals surface area contributed by atoms with Crippen LogP contribution >= 0.6 is 11.6 Å². The lowest BCUT2D eigenvalue weighted by atomic mass is 10.0. The van der Waals surface area contributed by atoms with Gasteiger partial charge in [-0.1, -0.05) is 42.8 Å². The van der Waals surface area contributed by atoms with Gasteiger partial charge in [0, 0.05) is 10.4 Å². The molecule has 0 spiro atoms. The number of phenols is 1. The number of carboxylic acids is 1. The summed E-state index contributed by atoms with van der Waals surface area (Å²) in [5.41, 5.74) is -0.146. The van der Waals surface area contributed by atoms with Crippen molar-refractivity contribution in [3.63, 3.8) is 0 Å². The van der Waals surface area contributed by atoms with E-state index in [1.54, 1.807) is 31.2 Å². The number of hydrogen-bond acceptors (Lipinski definition) is 6. The standard InChI is InChI=1S/C19H15ClN2O6S/c1-2-10-8-15(16(9-14(10)20)29(26,27)28)21-22-17-12-6-4-3-5-11(12)7-13(18(17)23)19(24)25/h3-9,23H,2H2,1H3,(H,24,25)(H,26,27,28)/b22-21+. The summed E-state index contributed by atoms with van der Waals surface area (Å²) in [7, 11) is -4.65. The lowest BCUT2D eigenvalue weighted by Gasteiger charge is -2.09. The molecule has 3 rings (SSSR count). The van der Waals surface area contributed by atoms with E-state index < -0.39 is 26.7 Å². The molecular weight excluding hydrogens is 420 g/mol. The van der Waals surface area contributed by atoms with Crippen LogP contribution in [0.3, 0.4) is 0 Å². The van der Waals surface area contributed by atoms with Crippen LogP contribution in [0.1, 0.15) is 22.8 Å². The minimum absolute atomic E-state index is 0.139. The molecule has 0 heterocycles. The molecule has 0 saturated heterocycles. The summed E-state index contributed by atoms with van der Waals surface area (Å²) in [5.74, 6) is -1.97. The van der Waals surface area contributed by atoms with E-state index in [2.05, 4.69) is 10.2 Å². The van der Waals surface area contributed by atoms with E-state index in [1.165, 1.54) is 12.1 Å². The van der Waals surface area contributed by atoms with Crippen molar-refractivity contribution in [2.45, 2.75) is 18.2 Å². The van der Waals surface area contributed by atoms with E-state index >= 15 is 0 Å². The third kappa shape index (κ3) is 4.07. The molecule has 0 fully saturated rings. The Hall–Kier alpha value is -3.01. The maximum absolute atomic E-state index is 11.7. The molecule has 150 valence electrons. The van der Waals surface area contributed by atoms with Gasteiger partial charge in [-0.15, -0.1) is 10.2 Å². The lowest BCUT2D eigenvalue weighted by Crippen LogP contribution is -2.00. The van der Waals surface area contributed by atoms with Crippen molar-refractivity contribution in [2.24, 2.45) is 10.2 Å². The number of benzene rings is 3. The molecular formula is C19H15ClN2O6S. The van der Waals surface area contributed by atoms with Crippen molar-refractivity contribution >= 4 is 49.8 Å². The van der Waals surface area contributed by atoms with Gasteiger partial charge in [-0.2, -0.15) is 8.42 Å². The molecule has 0 bridgehead atoms. The SMILES string of the molecule is CCc1cc(/N=N/c2c(O)c(C(=O)O)cc3ccccc23)c(S(=O)(=O)O)cc1Cl. The molecule has 0 saturated carbocycles. The quantitative estimate of drug-likeness (QED) is 0.376. The molecule has 10 heteroatoms. The van der Waals surface area contributed by atoms with Crippen LogP contribution in [-0.2, 0) is 16.5 Å². The molecule has 0 radical (unpaired) electrons. The van der Waals surface area contributed by atoms with Crippen LogP contribution in [0.15, 0.2) is 57.6 Å². The highest BCUT2D eigenvalue weighted by Gasteiger charge is 2.20. The van der Waals surface area contributed by atoms with Gasteiger partial charge in [0.2, 0.25) is 0 Å². The number of azo groups is 1. The number of hydrogen-bond donors (Lipinski definition) is 3. The number of nitrogens with zero attached hydrogens (tertiary/aromatic N) is 2. The molecule has 0 aliphatic carbocycles. The molecule has 0 unspecified atom stereocenters. The average molecular weight is 435 g/mol. The molecule has 3 aromatic carbocycles. The number of aromatic hydroxyl groups is 1. The van der Waals surface area contributed by atoms with Gasteiger partial charge >= 0.3 is 5.97 Å². The topological polar surface area (TPSA) is 137 Å². The first-order valence-electron chi connectivity index (χ1n) is 8.33. The minimum Gasteiger partial charge on any atom is -0.505 e. The molecule has 0 aliphatic rings. The van der Waals surface area contributed by atoms with E-state index in [0.717, 1.165) is 6.07 Å². The maximum atomic E-state index is 11.7. The fourth-order valence-corrected chi connectivity index (χ4v) is 3.82. The Balaban J connectivity index is 2.27. The molecule has 0 aromatic heterocycles. The Morgan fingerprint density at radius 3 is 2.45 bits per heavy atom. The first kappa shape index (κ1) is 20.7. The monoisotopic (exact) mass is 434 g/mol. The number of aryl methyl sites for hydroxylation is 1. The first-order chi connectivity index (χ1) is 13.6. The second kappa shape index (κ2) is 7.78. The first-order valence-corrected chi connectivity index (χ1v) is 10.1. The van der Waals surface area contributed by atoms with Crippen LogP contribution < -0.4 is 0 Å². The van der Waals surface area contributed by atoms with Gasteiger partial charge in [-0.25, -0.2) is 4.79 Å². The van der Waals surface area contributed by atoms with Gasteiger partial charge in [-0.3, -0.25) is 4.55 Å². The normalized spacial score (nSPS) is 12.0. The highest BCUT2D eigenvalue weighted by atomic mass is 35.5. The van der Waals surface area contributed by atoms with E-state index in [9.17, 15) is 28.0 Å². The van der Waals surface area contributed by atoms with E-state index in [4.69, 9.17) is 11.6 Å². The zero-order valence-electron chi connectivity index (χ0n) is 15.0. The zero-order chi connectivity index (χ0) is 21.3. The van der Waals surface area contributed by atoms with Crippen LogP contribution in [0.25, 0.3) is 10.8 Å². The molecule has 3 aromatic rings. The lowest BCUT2D eigenvalue weighted by molar-refractivity contribution is 0.0694. The summed E-state index contributed by atoms with van der Waals surface area (Å²) in [5, 5.41) is 28.6. The van der Waals surface area contributed by atoms with Gasteiger partial charge in [0.05, 0.1) is 0 Å². The molecule has 0 amide bonds. The highest BCUT2D eigenvalue weighted by Crippen LogP contribution is 2.40. The second-order valence-electron chi connectivity index (χ2n) is 6.09. The van der Waals surface area contributed by atoms with Crippen LogP contribution in [-0.4, -0.2) is 29.2 Å². The average Bonchev–Trinajstić information content (AvgIpc) is 2.66. The summed E-state index contributed by atoms with van der Waals surface area (Å²) >= 11 is 6.03. The van der Waals surface area contributed by atoms with Crippen molar-refractivity contribution in [3.05, 3.63) is 58.6 Å². The molecule has 29 heavy (non-hydrogen) atoms. The summed E-state index contributed by atoms with van der Waals surface area (Å²) in [4.78, 5) is 10.9. The van der Waals surface area contributed by atoms with Crippen molar-refractivity contribution < 1.29 is 28.0 Å². The van der Waals surface area contributed by atoms with Gasteiger partial charge in [0.25, 0.3) is 10.1 Å². The van der Waals surface area contributed by atoms with E-state index in [1.807, 2.05) is 0 Å². The number of carboxylic acid groups (broad SMARTS) is 1. The number of carbonyl (C=O) groups is 1. The third-order valence-corrected chi connectivity index (χ3v) is 5.50. The molecule has 0 atom stereocenters. The highest BCUT2D eigenvalue weighted by molar-refractivity contribution is 7.86. The summed E-state index contributed by atoms with van der Waals surface area (Å²) in [6.45, 7) is 1.80. The number of aromatic carboxylic acids is 1. The Kier molecular flexibility index (Phi) is 5.56. The Morgan fingerprint density at radius 2 is 1.83 bits per heavy atom. The minimum atomic E-state index is -4.65. The van der Waals surface area contributed by atoms with Crippen LogP contribution in [0.5, 0.6) is 5.75 Å². The molecule has 3 N–H and O–H groups in total. The van der Waals surface area contributed by atoms with Crippen molar-refractivity contribution in [1.29, 1.82) is 0 Å². The van der Waals surface area contributed by atoms with Crippen molar-refractivity contribution in [2.75, 3.05) is 0 Å². The largest absolute Gasteiger partial charge is 0.505 e. The Labute approximate surface area is 170 Å². The molecule has 8 nitrogen and oxygen atoms in total. The zero-order valence-corrected chi connectivity index (χ0v) is 16.6. The predicted molar refractivity (Wildman–Crippen MR) is 107 cm³/mol. The van der Waals surface area contributed by atoms with E-state index in [-0.39, 0.29) is 22.0 Å². The molecule has 0 aliphatic heterocycles. The number of halogens is 1. The number of fused-ring (bicyclic) bond motifs is 1. The second-order valence-corrected chi connectivity index (χ2v) is 7.88. The maximum Gasteiger partial charge on any atom is 0.339 e. The Morgan fingerprint density at radius 1 is 1.14 bits per heavy atom. The summed E-state index contributed by atoms with van der Waals surface area (Å²) in [6.07, 6.45) is 0.468. The van der Waals surface area contributed by atoms with Crippen molar-refractivity contribution in [1.82, 2.24) is 0 Å². The predicted octanol–water partition coefficient (Wildman–Crippen LogP) is 5.12. The van der Waals surface area contributed by atoms with Crippen LogP contribution in [0.4, 0.5) is 11.4 Å². The summed E-state index contributed by atoms with van der Waals surface area (Å²) in [6, 6.07) is 10.3. The van der Waals surface area contributed by atoms with Gasteiger partial charge in [-0.05, 0) is 35.6 Å². The van der Waals surface area contributed by atoms with Gasteiger partial charge < -0.3 is 10.2 Å². The third-order valence-electron chi connectivity index (χ3n) is 4.27. The van der Waals surface area contributed by atoms with Crippen LogP contribution in [0, 0.1) is 0 Å². The van der Waals surface area contributed by atoms with Crippen molar-refractivity contribution in [3.8, 4) is 5.75 Å². The fraction of sp³-hybridized carbons (Fsp3) is 0.105. The Bertz CT molecular complexity index is 1270. The summed E-state index contributed by atoms with van der Waals surface area (Å²) < 4.78 is 32.9. The number of rotatable bonds is 5. The van der Waals surface area contributed by atoms with Gasteiger partial charge in [0.15, 0.2) is 5.75 Å². The smallest absolute Gasteiger partial charge is 0.339 e. The van der Waals surface area contributed by atoms with E-state index in [0.29, 0.717) is 22.8 Å². The fourth-order valence-electron chi connectivity index (χ4n) is 2.83. The van der Waals surface area contributed by atoms with Gasteiger partial charge in [0.1, 0.15) is 21.8 Å².